The summed E-state index contributed by atoms with van der Waals surface area (Å²) in [4.78, 5) is 28.5. The molecule has 0 saturated carbocycles. The molecule has 0 atom stereocenters. The largest absolute Gasteiger partial charge is 0.451 e. The first-order valence-corrected chi connectivity index (χ1v) is 8.62. The first kappa shape index (κ1) is 16.4. The van der Waals surface area contributed by atoms with Crippen LogP contribution in [0.15, 0.2) is 46.9 Å². The third-order valence-electron chi connectivity index (χ3n) is 4.91. The molecule has 132 valence electrons. The maximum atomic E-state index is 13.1. The summed E-state index contributed by atoms with van der Waals surface area (Å²) in [5, 5.41) is 0.960. The van der Waals surface area contributed by atoms with Crippen molar-refractivity contribution in [3.63, 3.8) is 0 Å². The fraction of sp³-hybridized carbons (Fsp3) is 0.238. The van der Waals surface area contributed by atoms with E-state index in [4.69, 9.17) is 4.42 Å². The van der Waals surface area contributed by atoms with Crippen LogP contribution in [0.1, 0.15) is 32.0 Å². The van der Waals surface area contributed by atoms with E-state index in [1.165, 1.54) is 0 Å². The van der Waals surface area contributed by atoms with Crippen LogP contribution in [0.25, 0.3) is 11.0 Å². The minimum Gasteiger partial charge on any atom is -0.451 e. The van der Waals surface area contributed by atoms with Gasteiger partial charge in [-0.05, 0) is 43.2 Å². The van der Waals surface area contributed by atoms with E-state index >= 15 is 0 Å². The molecule has 0 N–H and O–H groups in total. The number of hydrogen-bond donors (Lipinski definition) is 0. The minimum absolute atomic E-state index is 0.0364. The quantitative estimate of drug-likeness (QED) is 0.710. The topological polar surface area (TPSA) is 53.8 Å². The van der Waals surface area contributed by atoms with Gasteiger partial charge in [0.25, 0.3) is 11.8 Å². The zero-order valence-corrected chi connectivity index (χ0v) is 15.1. The molecule has 3 aromatic rings. The van der Waals surface area contributed by atoms with Crippen molar-refractivity contribution in [1.82, 2.24) is 4.90 Å². The van der Waals surface area contributed by atoms with Gasteiger partial charge in [-0.2, -0.15) is 0 Å². The highest BCUT2D eigenvalue weighted by molar-refractivity contribution is 6.09. The van der Waals surface area contributed by atoms with Crippen molar-refractivity contribution in [3.05, 3.63) is 64.9 Å². The van der Waals surface area contributed by atoms with Crippen molar-refractivity contribution in [2.45, 2.75) is 13.3 Å². The zero-order valence-electron chi connectivity index (χ0n) is 15.1. The van der Waals surface area contributed by atoms with Crippen molar-refractivity contribution in [1.29, 1.82) is 0 Å². The molecule has 0 bridgehead atoms. The van der Waals surface area contributed by atoms with Gasteiger partial charge in [0.2, 0.25) is 0 Å². The Morgan fingerprint density at radius 1 is 1.12 bits per heavy atom. The van der Waals surface area contributed by atoms with E-state index in [-0.39, 0.29) is 11.8 Å². The molecule has 0 saturated heterocycles. The molecule has 5 heteroatoms. The molecule has 0 radical (unpaired) electrons. The van der Waals surface area contributed by atoms with Gasteiger partial charge in [0.1, 0.15) is 5.58 Å². The van der Waals surface area contributed by atoms with E-state index in [1.54, 1.807) is 30.0 Å². The summed E-state index contributed by atoms with van der Waals surface area (Å²) in [5.41, 5.74) is 4.09. The second-order valence-corrected chi connectivity index (χ2v) is 6.80. The molecule has 0 aliphatic carbocycles. The molecule has 0 unspecified atom stereocenters. The minimum atomic E-state index is -0.135. The lowest BCUT2D eigenvalue weighted by Crippen LogP contribution is -2.29. The van der Waals surface area contributed by atoms with Crippen molar-refractivity contribution in [3.8, 4) is 0 Å². The van der Waals surface area contributed by atoms with E-state index in [0.29, 0.717) is 17.9 Å². The second kappa shape index (κ2) is 6.02. The number of benzene rings is 2. The molecular weight excluding hydrogens is 328 g/mol. The first-order chi connectivity index (χ1) is 12.5. The van der Waals surface area contributed by atoms with E-state index in [9.17, 15) is 9.59 Å². The number of amides is 2. The molecule has 1 aliphatic heterocycles. The van der Waals surface area contributed by atoms with Crippen molar-refractivity contribution < 1.29 is 14.0 Å². The highest BCUT2D eigenvalue weighted by Crippen LogP contribution is 2.33. The van der Waals surface area contributed by atoms with E-state index in [1.807, 2.05) is 43.3 Å². The van der Waals surface area contributed by atoms with E-state index in [0.717, 1.165) is 34.2 Å². The Morgan fingerprint density at radius 2 is 1.88 bits per heavy atom. The van der Waals surface area contributed by atoms with Gasteiger partial charge in [-0.1, -0.05) is 18.2 Å². The Hall–Kier alpha value is -3.08. The summed E-state index contributed by atoms with van der Waals surface area (Å²) in [6.45, 7) is 2.50. The van der Waals surface area contributed by atoms with Crippen molar-refractivity contribution >= 4 is 28.5 Å². The summed E-state index contributed by atoms with van der Waals surface area (Å²) in [6.07, 6.45) is 0.731. The zero-order chi connectivity index (χ0) is 18.4. The summed E-state index contributed by atoms with van der Waals surface area (Å²) >= 11 is 0. The lowest BCUT2D eigenvalue weighted by molar-refractivity contribution is 0.0827. The number of rotatable bonds is 2. The van der Waals surface area contributed by atoms with Crippen LogP contribution in [0.2, 0.25) is 0 Å². The van der Waals surface area contributed by atoms with Crippen LogP contribution in [0.3, 0.4) is 0 Å². The number of carbonyl (C=O) groups is 2. The third-order valence-corrected chi connectivity index (χ3v) is 4.91. The maximum absolute atomic E-state index is 13.1. The van der Waals surface area contributed by atoms with Crippen molar-refractivity contribution in [2.75, 3.05) is 25.5 Å². The Bertz CT molecular complexity index is 1030. The summed E-state index contributed by atoms with van der Waals surface area (Å²) in [7, 11) is 3.46. The smallest absolute Gasteiger partial charge is 0.294 e. The van der Waals surface area contributed by atoms with Gasteiger partial charge >= 0.3 is 0 Å². The number of carbonyl (C=O) groups excluding carboxylic acids is 2. The molecule has 2 amide bonds. The molecule has 2 aromatic carbocycles. The molecule has 5 nitrogen and oxygen atoms in total. The van der Waals surface area contributed by atoms with E-state index < -0.39 is 0 Å². The molecular formula is C21H20N2O3. The average Bonchev–Trinajstić information content (AvgIpc) is 3.21. The Labute approximate surface area is 151 Å². The van der Waals surface area contributed by atoms with Crippen LogP contribution in [-0.2, 0) is 6.42 Å². The van der Waals surface area contributed by atoms with Crippen LogP contribution in [-0.4, -0.2) is 37.4 Å². The Balaban J connectivity index is 1.69. The van der Waals surface area contributed by atoms with Gasteiger partial charge in [0.15, 0.2) is 5.76 Å². The van der Waals surface area contributed by atoms with Gasteiger partial charge in [-0.25, -0.2) is 0 Å². The van der Waals surface area contributed by atoms with Crippen LogP contribution in [0.5, 0.6) is 0 Å². The predicted octanol–water partition coefficient (Wildman–Crippen LogP) is 3.65. The lowest BCUT2D eigenvalue weighted by Gasteiger charge is -2.17. The number of hydrogen-bond acceptors (Lipinski definition) is 3. The first-order valence-electron chi connectivity index (χ1n) is 8.62. The number of anilines is 1. The average molecular weight is 348 g/mol. The fourth-order valence-electron chi connectivity index (χ4n) is 3.50. The summed E-state index contributed by atoms with van der Waals surface area (Å²) in [6, 6.07) is 13.2. The fourth-order valence-corrected chi connectivity index (χ4v) is 3.50. The van der Waals surface area contributed by atoms with Crippen molar-refractivity contribution in [2.24, 2.45) is 0 Å². The van der Waals surface area contributed by atoms with Gasteiger partial charge in [-0.3, -0.25) is 9.59 Å². The Morgan fingerprint density at radius 3 is 2.62 bits per heavy atom. The number of aryl methyl sites for hydroxylation is 1. The van der Waals surface area contributed by atoms with Gasteiger partial charge in [0.05, 0.1) is 0 Å². The maximum Gasteiger partial charge on any atom is 0.294 e. The highest BCUT2D eigenvalue weighted by atomic mass is 16.3. The van der Waals surface area contributed by atoms with Gasteiger partial charge < -0.3 is 14.2 Å². The van der Waals surface area contributed by atoms with Crippen LogP contribution >= 0.6 is 0 Å². The summed E-state index contributed by atoms with van der Waals surface area (Å²) in [5.74, 6) is 0.210. The van der Waals surface area contributed by atoms with E-state index in [2.05, 4.69) is 0 Å². The van der Waals surface area contributed by atoms with Gasteiger partial charge in [-0.15, -0.1) is 0 Å². The van der Waals surface area contributed by atoms with Gasteiger partial charge in [0, 0.05) is 42.8 Å². The normalized spacial score (nSPS) is 13.1. The molecule has 4 rings (SSSR count). The summed E-state index contributed by atoms with van der Waals surface area (Å²) < 4.78 is 5.83. The monoisotopic (exact) mass is 348 g/mol. The van der Waals surface area contributed by atoms with Crippen LogP contribution < -0.4 is 4.90 Å². The molecule has 2 heterocycles. The molecule has 0 spiro atoms. The standard InChI is InChI=1S/C21H20N2O3/c1-13-16-6-4-5-7-18(16)26-19(13)21(25)23-11-10-14-12-15(8-9-17(14)23)20(24)22(2)3/h4-9,12H,10-11H2,1-3H3. The second-order valence-electron chi connectivity index (χ2n) is 6.80. The predicted molar refractivity (Wildman–Crippen MR) is 101 cm³/mol. The highest BCUT2D eigenvalue weighted by Gasteiger charge is 2.30. The molecule has 1 aliphatic rings. The number of nitrogens with zero attached hydrogens (tertiary/aromatic N) is 2. The molecule has 26 heavy (non-hydrogen) atoms. The molecule has 0 fully saturated rings. The number of furan rings is 1. The van der Waals surface area contributed by atoms with Crippen LogP contribution in [0, 0.1) is 6.92 Å². The number of fused-ring (bicyclic) bond motifs is 2. The SMILES string of the molecule is Cc1c(C(=O)N2CCc3cc(C(=O)N(C)C)ccc32)oc2ccccc12. The lowest BCUT2D eigenvalue weighted by atomic mass is 10.1. The third kappa shape index (κ3) is 2.47. The van der Waals surface area contributed by atoms with Crippen LogP contribution in [0.4, 0.5) is 5.69 Å². The Kier molecular flexibility index (Phi) is 3.80. The molecule has 1 aromatic heterocycles. The number of para-hydroxylation sites is 1.